The summed E-state index contributed by atoms with van der Waals surface area (Å²) in [5, 5.41) is 0. The maximum absolute atomic E-state index is 12.1. The summed E-state index contributed by atoms with van der Waals surface area (Å²) >= 11 is 0. The van der Waals surface area contributed by atoms with Gasteiger partial charge in [0.25, 0.3) is 0 Å². The molecule has 3 nitrogen and oxygen atoms in total. The van der Waals surface area contributed by atoms with E-state index in [9.17, 15) is 18.0 Å². The van der Waals surface area contributed by atoms with Gasteiger partial charge in [0.2, 0.25) is 5.91 Å². The first-order chi connectivity index (χ1) is 9.83. The van der Waals surface area contributed by atoms with Crippen molar-refractivity contribution in [2.45, 2.75) is 39.0 Å². The summed E-state index contributed by atoms with van der Waals surface area (Å²) in [5.74, 6) is -0.433. The molecule has 118 valence electrons. The van der Waals surface area contributed by atoms with Gasteiger partial charge >= 0.3 is 6.18 Å². The quantitative estimate of drug-likeness (QED) is 0.772. The van der Waals surface area contributed by atoms with Crippen LogP contribution >= 0.6 is 0 Å². The molecule has 1 unspecified atom stereocenters. The predicted molar refractivity (Wildman–Crippen MR) is 73.6 cm³/mol. The molecule has 0 radical (unpaired) electrons. The van der Waals surface area contributed by atoms with Crippen molar-refractivity contribution in [3.63, 3.8) is 0 Å². The molecule has 0 heterocycles. The lowest BCUT2D eigenvalue weighted by Crippen LogP contribution is -2.40. The second-order valence-corrected chi connectivity index (χ2v) is 4.87. The molecule has 1 aromatic rings. The average Bonchev–Trinajstić information content (AvgIpc) is 2.43. The topological polar surface area (TPSA) is 29.5 Å². The van der Waals surface area contributed by atoms with Gasteiger partial charge in [0.1, 0.15) is 13.2 Å². The van der Waals surface area contributed by atoms with E-state index < -0.39 is 25.3 Å². The molecule has 0 aliphatic carbocycles. The van der Waals surface area contributed by atoms with E-state index in [1.165, 1.54) is 0 Å². The van der Waals surface area contributed by atoms with Gasteiger partial charge in [-0.2, -0.15) is 13.2 Å². The number of carbonyl (C=O) groups is 1. The van der Waals surface area contributed by atoms with E-state index in [1.54, 1.807) is 4.90 Å². The Kier molecular flexibility index (Phi) is 6.68. The highest BCUT2D eigenvalue weighted by Gasteiger charge is 2.28. The van der Waals surface area contributed by atoms with Gasteiger partial charge in [-0.15, -0.1) is 0 Å². The van der Waals surface area contributed by atoms with Crippen molar-refractivity contribution in [2.75, 3.05) is 13.2 Å². The van der Waals surface area contributed by atoms with Crippen LogP contribution in [0.3, 0.4) is 0 Å². The minimum absolute atomic E-state index is 0.0628. The lowest BCUT2D eigenvalue weighted by atomic mass is 10.1. The van der Waals surface area contributed by atoms with Crippen LogP contribution in [0.15, 0.2) is 30.3 Å². The molecular weight excluding hydrogens is 283 g/mol. The van der Waals surface area contributed by atoms with Crippen LogP contribution in [0, 0.1) is 0 Å². The maximum atomic E-state index is 12.1. The molecule has 6 heteroatoms. The molecule has 0 saturated heterocycles. The molecule has 0 spiro atoms. The molecule has 1 rings (SSSR count). The first-order valence-corrected chi connectivity index (χ1v) is 6.81. The van der Waals surface area contributed by atoms with Crippen molar-refractivity contribution in [1.82, 2.24) is 4.90 Å². The van der Waals surface area contributed by atoms with Crippen LogP contribution in [-0.2, 0) is 16.1 Å². The Balaban J connectivity index is 2.62. The third-order valence-corrected chi connectivity index (χ3v) is 3.13. The molecule has 0 bridgehead atoms. The number of carbonyl (C=O) groups excluding carboxylic acids is 1. The maximum Gasteiger partial charge on any atom is 0.411 e. The molecule has 21 heavy (non-hydrogen) atoms. The molecule has 0 aromatic heterocycles. The number of nitrogens with zero attached hydrogens (tertiary/aromatic N) is 1. The number of rotatable bonds is 7. The van der Waals surface area contributed by atoms with Crippen LogP contribution in [0.2, 0.25) is 0 Å². The van der Waals surface area contributed by atoms with Gasteiger partial charge < -0.3 is 9.64 Å². The van der Waals surface area contributed by atoms with Crippen LogP contribution in [0.25, 0.3) is 0 Å². The summed E-state index contributed by atoms with van der Waals surface area (Å²) in [6.07, 6.45) is -3.70. The Hall–Kier alpha value is -1.56. The highest BCUT2D eigenvalue weighted by Crippen LogP contribution is 2.15. The van der Waals surface area contributed by atoms with E-state index in [0.29, 0.717) is 6.54 Å². The van der Waals surface area contributed by atoms with Crippen molar-refractivity contribution >= 4 is 5.91 Å². The van der Waals surface area contributed by atoms with Crippen LogP contribution in [0.4, 0.5) is 13.2 Å². The van der Waals surface area contributed by atoms with E-state index in [0.717, 1.165) is 12.0 Å². The average molecular weight is 303 g/mol. The van der Waals surface area contributed by atoms with Crippen molar-refractivity contribution < 1.29 is 22.7 Å². The second-order valence-electron chi connectivity index (χ2n) is 4.87. The molecule has 1 amide bonds. The Morgan fingerprint density at radius 3 is 2.43 bits per heavy atom. The van der Waals surface area contributed by atoms with Crippen molar-refractivity contribution in [1.29, 1.82) is 0 Å². The van der Waals surface area contributed by atoms with E-state index in [2.05, 4.69) is 4.74 Å². The van der Waals surface area contributed by atoms with E-state index >= 15 is 0 Å². The van der Waals surface area contributed by atoms with E-state index in [4.69, 9.17) is 0 Å². The fourth-order valence-electron chi connectivity index (χ4n) is 1.83. The molecule has 0 saturated carbocycles. The van der Waals surface area contributed by atoms with E-state index in [-0.39, 0.29) is 6.04 Å². The number of alkyl halides is 3. The van der Waals surface area contributed by atoms with E-state index in [1.807, 2.05) is 44.2 Å². The van der Waals surface area contributed by atoms with Crippen LogP contribution in [0.5, 0.6) is 0 Å². The summed E-state index contributed by atoms with van der Waals surface area (Å²) in [6.45, 7) is 2.19. The molecule has 0 aliphatic rings. The largest absolute Gasteiger partial charge is 0.411 e. The highest BCUT2D eigenvalue weighted by atomic mass is 19.4. The Bertz CT molecular complexity index is 434. The third kappa shape index (κ3) is 6.62. The normalized spacial score (nSPS) is 13.0. The highest BCUT2D eigenvalue weighted by molar-refractivity contribution is 5.77. The summed E-state index contributed by atoms with van der Waals surface area (Å²) in [5.41, 5.74) is 0.932. The Morgan fingerprint density at radius 2 is 1.90 bits per heavy atom. The molecule has 0 aliphatic heterocycles. The summed E-state index contributed by atoms with van der Waals surface area (Å²) in [7, 11) is 0. The smallest absolute Gasteiger partial charge is 0.362 e. The third-order valence-electron chi connectivity index (χ3n) is 3.13. The zero-order valence-corrected chi connectivity index (χ0v) is 12.2. The SMILES string of the molecule is CCC(C)N(Cc1ccccc1)C(=O)COCC(F)(F)F. The minimum Gasteiger partial charge on any atom is -0.362 e. The number of hydrogen-bond donors (Lipinski definition) is 0. The van der Waals surface area contributed by atoms with Gasteiger partial charge in [0.05, 0.1) is 0 Å². The van der Waals surface area contributed by atoms with Gasteiger partial charge in [-0.1, -0.05) is 37.3 Å². The first-order valence-electron chi connectivity index (χ1n) is 6.81. The van der Waals surface area contributed by atoms with Gasteiger partial charge in [0.15, 0.2) is 0 Å². The van der Waals surface area contributed by atoms with Crippen LogP contribution in [-0.4, -0.2) is 36.2 Å². The van der Waals surface area contributed by atoms with Gasteiger partial charge in [-0.25, -0.2) is 0 Å². The standard InChI is InChI=1S/C15H20F3NO2/c1-3-12(2)19(9-13-7-5-4-6-8-13)14(20)10-21-11-15(16,17)18/h4-8,12H,3,9-11H2,1-2H3. The summed E-state index contributed by atoms with van der Waals surface area (Å²) in [6, 6.07) is 9.26. The fourth-order valence-corrected chi connectivity index (χ4v) is 1.83. The second kappa shape index (κ2) is 8.02. The molecule has 1 aromatic carbocycles. The number of amides is 1. The van der Waals surface area contributed by atoms with Crippen molar-refractivity contribution in [3.8, 4) is 0 Å². The monoisotopic (exact) mass is 303 g/mol. The van der Waals surface area contributed by atoms with Gasteiger partial charge in [-0.05, 0) is 18.9 Å². The minimum atomic E-state index is -4.42. The fraction of sp³-hybridized carbons (Fsp3) is 0.533. The number of benzene rings is 1. The molecular formula is C15H20F3NO2. The summed E-state index contributed by atoms with van der Waals surface area (Å²) < 4.78 is 40.5. The van der Waals surface area contributed by atoms with Crippen molar-refractivity contribution in [2.24, 2.45) is 0 Å². The lowest BCUT2D eigenvalue weighted by molar-refractivity contribution is -0.178. The van der Waals surface area contributed by atoms with Crippen LogP contribution < -0.4 is 0 Å². The Morgan fingerprint density at radius 1 is 1.29 bits per heavy atom. The van der Waals surface area contributed by atoms with Gasteiger partial charge in [-0.3, -0.25) is 4.79 Å². The molecule has 1 atom stereocenters. The Labute approximate surface area is 122 Å². The summed E-state index contributed by atoms with van der Waals surface area (Å²) in [4.78, 5) is 13.6. The van der Waals surface area contributed by atoms with Crippen LogP contribution in [0.1, 0.15) is 25.8 Å². The molecule has 0 fully saturated rings. The predicted octanol–water partition coefficient (Wildman–Crippen LogP) is 3.39. The zero-order chi connectivity index (χ0) is 15.9. The number of hydrogen-bond acceptors (Lipinski definition) is 2. The van der Waals surface area contributed by atoms with Crippen molar-refractivity contribution in [3.05, 3.63) is 35.9 Å². The van der Waals surface area contributed by atoms with Gasteiger partial charge in [0, 0.05) is 12.6 Å². The number of ether oxygens (including phenoxy) is 1. The lowest BCUT2D eigenvalue weighted by Gasteiger charge is -2.28. The first kappa shape index (κ1) is 17.5. The zero-order valence-electron chi connectivity index (χ0n) is 12.2. The number of halogens is 3. The molecule has 0 N–H and O–H groups in total.